The lowest BCUT2D eigenvalue weighted by atomic mass is 10.1. The van der Waals surface area contributed by atoms with E-state index < -0.39 is 0 Å². The third-order valence-corrected chi connectivity index (χ3v) is 5.80. The standard InChI is InChI=1S/C20H29N5S/c1-21-20(22-16-18(23(2)3)17-8-5-4-6-9-17)25-13-11-24(12-14-25)19-10-7-15-26-19/h4-10,15,18H,11-14,16H2,1-3H3,(H,21,22). The van der Waals surface area contributed by atoms with Gasteiger partial charge >= 0.3 is 0 Å². The summed E-state index contributed by atoms with van der Waals surface area (Å²) in [6.07, 6.45) is 0. The predicted molar refractivity (Wildman–Crippen MR) is 112 cm³/mol. The highest BCUT2D eigenvalue weighted by Gasteiger charge is 2.21. The zero-order valence-corrected chi connectivity index (χ0v) is 16.7. The van der Waals surface area contributed by atoms with Crippen LogP contribution in [0.1, 0.15) is 11.6 Å². The van der Waals surface area contributed by atoms with Gasteiger partial charge in [-0.2, -0.15) is 0 Å². The first kappa shape index (κ1) is 18.7. The molecule has 1 saturated heterocycles. The summed E-state index contributed by atoms with van der Waals surface area (Å²) in [6, 6.07) is 15.3. The number of guanidine groups is 1. The molecule has 0 spiro atoms. The van der Waals surface area contributed by atoms with E-state index in [9.17, 15) is 0 Å². The number of thiophene rings is 1. The van der Waals surface area contributed by atoms with Crippen LogP contribution in [0.5, 0.6) is 0 Å². The van der Waals surface area contributed by atoms with Crippen molar-refractivity contribution in [3.8, 4) is 0 Å². The van der Waals surface area contributed by atoms with Crippen LogP contribution in [-0.4, -0.2) is 69.6 Å². The Morgan fingerprint density at radius 1 is 1.12 bits per heavy atom. The SMILES string of the molecule is CN=C(NCC(c1ccccc1)N(C)C)N1CCN(c2cccs2)CC1. The number of piperazine rings is 1. The molecule has 0 bridgehead atoms. The summed E-state index contributed by atoms with van der Waals surface area (Å²) < 4.78 is 0. The van der Waals surface area contributed by atoms with Crippen molar-refractivity contribution >= 4 is 22.3 Å². The van der Waals surface area contributed by atoms with Gasteiger partial charge in [0.2, 0.25) is 0 Å². The minimum Gasteiger partial charge on any atom is -0.360 e. The van der Waals surface area contributed by atoms with Gasteiger partial charge in [-0.3, -0.25) is 4.99 Å². The Labute approximate surface area is 160 Å². The smallest absolute Gasteiger partial charge is 0.193 e. The van der Waals surface area contributed by atoms with Gasteiger partial charge in [0, 0.05) is 39.8 Å². The summed E-state index contributed by atoms with van der Waals surface area (Å²) in [7, 11) is 6.13. The molecule has 1 fully saturated rings. The summed E-state index contributed by atoms with van der Waals surface area (Å²) in [5, 5.41) is 7.10. The lowest BCUT2D eigenvalue weighted by Gasteiger charge is -2.37. The van der Waals surface area contributed by atoms with E-state index in [1.165, 1.54) is 10.6 Å². The van der Waals surface area contributed by atoms with Gasteiger partial charge in [-0.25, -0.2) is 0 Å². The van der Waals surface area contributed by atoms with Gasteiger partial charge in [-0.15, -0.1) is 11.3 Å². The molecule has 6 heteroatoms. The summed E-state index contributed by atoms with van der Waals surface area (Å²) >= 11 is 1.82. The number of anilines is 1. The van der Waals surface area contributed by atoms with Gasteiger partial charge in [0.15, 0.2) is 5.96 Å². The van der Waals surface area contributed by atoms with Crippen LogP contribution in [0, 0.1) is 0 Å². The molecule has 0 saturated carbocycles. The lowest BCUT2D eigenvalue weighted by Crippen LogP contribution is -2.53. The lowest BCUT2D eigenvalue weighted by molar-refractivity contribution is 0.292. The van der Waals surface area contributed by atoms with Gasteiger partial charge in [-0.1, -0.05) is 30.3 Å². The van der Waals surface area contributed by atoms with Crippen molar-refractivity contribution in [2.24, 2.45) is 4.99 Å². The summed E-state index contributed by atoms with van der Waals surface area (Å²) in [6.45, 7) is 4.91. The molecule has 1 N–H and O–H groups in total. The number of hydrogen-bond acceptors (Lipinski definition) is 4. The zero-order valence-electron chi connectivity index (χ0n) is 15.9. The van der Waals surface area contributed by atoms with Crippen molar-refractivity contribution in [2.75, 3.05) is 58.8 Å². The number of nitrogens with zero attached hydrogens (tertiary/aromatic N) is 4. The van der Waals surface area contributed by atoms with E-state index >= 15 is 0 Å². The number of nitrogens with one attached hydrogen (secondary N) is 1. The van der Waals surface area contributed by atoms with Gasteiger partial charge < -0.3 is 20.0 Å². The maximum absolute atomic E-state index is 4.52. The minimum atomic E-state index is 0.320. The van der Waals surface area contributed by atoms with E-state index in [4.69, 9.17) is 0 Å². The van der Waals surface area contributed by atoms with Crippen LogP contribution in [0.4, 0.5) is 5.00 Å². The van der Waals surface area contributed by atoms with E-state index in [1.807, 2.05) is 18.4 Å². The van der Waals surface area contributed by atoms with Crippen LogP contribution in [0.3, 0.4) is 0 Å². The fourth-order valence-corrected chi connectivity index (χ4v) is 4.17. The number of hydrogen-bond donors (Lipinski definition) is 1. The van der Waals surface area contributed by atoms with Gasteiger partial charge in [-0.05, 0) is 37.2 Å². The Hall–Kier alpha value is -2.05. The normalized spacial score (nSPS) is 16.8. The Bertz CT molecular complexity index is 675. The molecule has 1 atom stereocenters. The molecule has 0 radical (unpaired) electrons. The van der Waals surface area contributed by atoms with E-state index in [-0.39, 0.29) is 0 Å². The molecule has 26 heavy (non-hydrogen) atoms. The van der Waals surface area contributed by atoms with Gasteiger partial charge in [0.1, 0.15) is 0 Å². The third-order valence-electron chi connectivity index (χ3n) is 4.87. The monoisotopic (exact) mass is 371 g/mol. The molecule has 5 nitrogen and oxygen atoms in total. The maximum atomic E-state index is 4.52. The van der Waals surface area contributed by atoms with E-state index in [0.717, 1.165) is 38.7 Å². The molecule has 0 amide bonds. The molecular formula is C20H29N5S. The average molecular weight is 372 g/mol. The second-order valence-electron chi connectivity index (χ2n) is 6.74. The molecule has 0 aliphatic carbocycles. The molecule has 1 aliphatic rings. The highest BCUT2D eigenvalue weighted by atomic mass is 32.1. The second kappa shape index (κ2) is 9.05. The van der Waals surface area contributed by atoms with Gasteiger partial charge in [0.05, 0.1) is 11.0 Å². The molecule has 1 unspecified atom stereocenters. The van der Waals surface area contributed by atoms with Crippen LogP contribution >= 0.6 is 11.3 Å². The number of rotatable bonds is 5. The quantitative estimate of drug-likeness (QED) is 0.647. The molecular weight excluding hydrogens is 342 g/mol. The highest BCUT2D eigenvalue weighted by Crippen LogP contribution is 2.22. The van der Waals surface area contributed by atoms with Crippen molar-refractivity contribution in [3.05, 3.63) is 53.4 Å². The van der Waals surface area contributed by atoms with Crippen LogP contribution in [0.2, 0.25) is 0 Å². The molecule has 3 rings (SSSR count). The fraction of sp³-hybridized carbons (Fsp3) is 0.450. The second-order valence-corrected chi connectivity index (χ2v) is 7.67. The van der Waals surface area contributed by atoms with Crippen molar-refractivity contribution < 1.29 is 0 Å². The highest BCUT2D eigenvalue weighted by molar-refractivity contribution is 7.14. The van der Waals surface area contributed by atoms with E-state index in [1.54, 1.807) is 0 Å². The Morgan fingerprint density at radius 2 is 1.85 bits per heavy atom. The minimum absolute atomic E-state index is 0.320. The summed E-state index contributed by atoms with van der Waals surface area (Å²) in [4.78, 5) is 11.6. The molecule has 1 aromatic heterocycles. The topological polar surface area (TPSA) is 34.1 Å². The summed E-state index contributed by atoms with van der Waals surface area (Å²) in [5.41, 5.74) is 1.32. The Morgan fingerprint density at radius 3 is 2.42 bits per heavy atom. The first-order chi connectivity index (χ1) is 12.7. The molecule has 1 aromatic carbocycles. The Balaban J connectivity index is 1.56. The first-order valence-corrected chi connectivity index (χ1v) is 10.0. The zero-order chi connectivity index (χ0) is 18.4. The van der Waals surface area contributed by atoms with Crippen molar-refractivity contribution in [1.82, 2.24) is 15.1 Å². The molecule has 2 heterocycles. The molecule has 2 aromatic rings. The fourth-order valence-electron chi connectivity index (χ4n) is 3.38. The van der Waals surface area contributed by atoms with E-state index in [2.05, 4.69) is 86.9 Å². The van der Waals surface area contributed by atoms with Crippen LogP contribution in [0.15, 0.2) is 52.8 Å². The van der Waals surface area contributed by atoms with Gasteiger partial charge in [0.25, 0.3) is 0 Å². The average Bonchev–Trinajstić information content (AvgIpc) is 3.21. The number of likely N-dealkylation sites (N-methyl/N-ethyl adjacent to an activating group) is 1. The molecule has 1 aliphatic heterocycles. The predicted octanol–water partition coefficient (Wildman–Crippen LogP) is 2.75. The van der Waals surface area contributed by atoms with E-state index in [0.29, 0.717) is 6.04 Å². The Kier molecular flexibility index (Phi) is 6.52. The number of aliphatic imine (C=N–C) groups is 1. The van der Waals surface area contributed by atoms with Crippen molar-refractivity contribution in [2.45, 2.75) is 6.04 Å². The molecule has 140 valence electrons. The first-order valence-electron chi connectivity index (χ1n) is 9.14. The van der Waals surface area contributed by atoms with Crippen LogP contribution in [-0.2, 0) is 0 Å². The number of benzene rings is 1. The van der Waals surface area contributed by atoms with Crippen molar-refractivity contribution in [3.63, 3.8) is 0 Å². The van der Waals surface area contributed by atoms with Crippen LogP contribution in [0.25, 0.3) is 0 Å². The van der Waals surface area contributed by atoms with Crippen molar-refractivity contribution in [1.29, 1.82) is 0 Å². The largest absolute Gasteiger partial charge is 0.360 e. The third kappa shape index (κ3) is 4.56. The maximum Gasteiger partial charge on any atom is 0.193 e. The van der Waals surface area contributed by atoms with Crippen LogP contribution < -0.4 is 10.2 Å². The summed E-state index contributed by atoms with van der Waals surface area (Å²) in [5.74, 6) is 0.999.